The number of halogens is 1. The fraction of sp³-hybridized carbons (Fsp3) is 0.316. The van der Waals surface area contributed by atoms with Crippen molar-refractivity contribution in [2.75, 3.05) is 45.3 Å². The van der Waals surface area contributed by atoms with Gasteiger partial charge in [-0.2, -0.15) is 4.31 Å². The van der Waals surface area contributed by atoms with Gasteiger partial charge in [0, 0.05) is 18.8 Å². The number of ether oxygens (including phenoxy) is 3. The standard InChI is InChI=1S/C19H21ClN2O6S/c1-26-15-4-2-14(3-5-15)21-19(23)13-28-18-7-6-16(12-17(18)20)29(24,25)22-8-10-27-11-9-22/h2-7,12H,8-11,13H2,1H3,(H,21,23). The van der Waals surface area contributed by atoms with E-state index in [0.717, 1.165) is 0 Å². The fourth-order valence-electron chi connectivity index (χ4n) is 2.71. The third-order valence-electron chi connectivity index (χ3n) is 4.24. The van der Waals surface area contributed by atoms with Crippen molar-refractivity contribution in [3.63, 3.8) is 0 Å². The Morgan fingerprint density at radius 3 is 2.48 bits per heavy atom. The Balaban J connectivity index is 1.60. The number of nitrogens with one attached hydrogen (secondary N) is 1. The van der Waals surface area contributed by atoms with Crippen molar-refractivity contribution in [3.05, 3.63) is 47.5 Å². The molecule has 0 aromatic heterocycles. The highest BCUT2D eigenvalue weighted by Crippen LogP contribution is 2.29. The van der Waals surface area contributed by atoms with Crippen LogP contribution in [0.2, 0.25) is 5.02 Å². The van der Waals surface area contributed by atoms with Gasteiger partial charge in [0.05, 0.1) is 30.2 Å². The number of rotatable bonds is 7. The van der Waals surface area contributed by atoms with E-state index in [1.165, 1.54) is 22.5 Å². The second-order valence-electron chi connectivity index (χ2n) is 6.17. The number of nitrogens with zero attached hydrogens (tertiary/aromatic N) is 1. The molecule has 1 saturated heterocycles. The van der Waals surface area contributed by atoms with Crippen LogP contribution in [-0.4, -0.2) is 58.7 Å². The van der Waals surface area contributed by atoms with Gasteiger partial charge in [-0.1, -0.05) is 11.6 Å². The summed E-state index contributed by atoms with van der Waals surface area (Å²) in [6.45, 7) is 1.03. The van der Waals surface area contributed by atoms with Crippen LogP contribution in [0.15, 0.2) is 47.4 Å². The lowest BCUT2D eigenvalue weighted by Gasteiger charge is -2.26. The van der Waals surface area contributed by atoms with E-state index in [0.29, 0.717) is 37.7 Å². The first-order valence-electron chi connectivity index (χ1n) is 8.84. The minimum Gasteiger partial charge on any atom is -0.497 e. The number of sulfonamides is 1. The molecule has 0 aliphatic carbocycles. The van der Waals surface area contributed by atoms with Gasteiger partial charge >= 0.3 is 0 Å². The van der Waals surface area contributed by atoms with Gasteiger partial charge in [0.15, 0.2) is 6.61 Å². The summed E-state index contributed by atoms with van der Waals surface area (Å²) in [5.74, 6) is 0.520. The summed E-state index contributed by atoms with van der Waals surface area (Å²) < 4.78 is 42.4. The van der Waals surface area contributed by atoms with E-state index in [1.54, 1.807) is 31.4 Å². The Labute approximate surface area is 174 Å². The average Bonchev–Trinajstić information content (AvgIpc) is 2.74. The number of carbonyl (C=O) groups is 1. The lowest BCUT2D eigenvalue weighted by atomic mass is 10.3. The molecular weight excluding hydrogens is 420 g/mol. The molecule has 1 fully saturated rings. The van der Waals surface area contributed by atoms with Crippen LogP contribution in [0.3, 0.4) is 0 Å². The summed E-state index contributed by atoms with van der Waals surface area (Å²) in [5.41, 5.74) is 0.595. The van der Waals surface area contributed by atoms with Gasteiger partial charge in [-0.25, -0.2) is 8.42 Å². The van der Waals surface area contributed by atoms with Crippen molar-refractivity contribution in [2.45, 2.75) is 4.90 Å². The Hall–Kier alpha value is -2.33. The third-order valence-corrected chi connectivity index (χ3v) is 6.43. The van der Waals surface area contributed by atoms with E-state index in [2.05, 4.69) is 5.32 Å². The second kappa shape index (κ2) is 9.45. The molecule has 1 heterocycles. The van der Waals surface area contributed by atoms with Gasteiger partial charge in [0.1, 0.15) is 11.5 Å². The number of methoxy groups -OCH3 is 1. The molecule has 0 atom stereocenters. The highest BCUT2D eigenvalue weighted by Gasteiger charge is 2.27. The monoisotopic (exact) mass is 440 g/mol. The number of amides is 1. The molecule has 1 amide bonds. The van der Waals surface area contributed by atoms with Gasteiger partial charge in [-0.15, -0.1) is 0 Å². The van der Waals surface area contributed by atoms with Gasteiger partial charge < -0.3 is 19.5 Å². The molecule has 10 heteroatoms. The summed E-state index contributed by atoms with van der Waals surface area (Å²) >= 11 is 6.17. The Morgan fingerprint density at radius 2 is 1.86 bits per heavy atom. The summed E-state index contributed by atoms with van der Waals surface area (Å²) in [7, 11) is -2.10. The third kappa shape index (κ3) is 5.39. The Morgan fingerprint density at radius 1 is 1.17 bits per heavy atom. The first-order valence-corrected chi connectivity index (χ1v) is 10.7. The Bertz CT molecular complexity index is 959. The number of morpholine rings is 1. The zero-order chi connectivity index (χ0) is 20.9. The van der Waals surface area contributed by atoms with E-state index in [9.17, 15) is 13.2 Å². The first-order chi connectivity index (χ1) is 13.9. The van der Waals surface area contributed by atoms with E-state index < -0.39 is 10.0 Å². The molecule has 29 heavy (non-hydrogen) atoms. The van der Waals surface area contributed by atoms with Crippen LogP contribution in [0.1, 0.15) is 0 Å². The lowest BCUT2D eigenvalue weighted by Crippen LogP contribution is -2.40. The normalized spacial score (nSPS) is 15.0. The predicted octanol–water partition coefficient (Wildman–Crippen LogP) is 2.39. The number of carbonyl (C=O) groups excluding carboxylic acids is 1. The topological polar surface area (TPSA) is 94.2 Å². The van der Waals surface area contributed by atoms with Crippen molar-refractivity contribution in [3.8, 4) is 11.5 Å². The summed E-state index contributed by atoms with van der Waals surface area (Å²) in [4.78, 5) is 12.1. The zero-order valence-corrected chi connectivity index (χ0v) is 17.3. The van der Waals surface area contributed by atoms with E-state index >= 15 is 0 Å². The molecule has 0 radical (unpaired) electrons. The average molecular weight is 441 g/mol. The number of anilines is 1. The number of benzene rings is 2. The fourth-order valence-corrected chi connectivity index (χ4v) is 4.44. The largest absolute Gasteiger partial charge is 0.497 e. The molecule has 0 unspecified atom stereocenters. The molecule has 0 saturated carbocycles. The maximum Gasteiger partial charge on any atom is 0.262 e. The molecule has 3 rings (SSSR count). The van der Waals surface area contributed by atoms with Gasteiger partial charge in [0.25, 0.3) is 5.91 Å². The highest BCUT2D eigenvalue weighted by atomic mass is 35.5. The second-order valence-corrected chi connectivity index (χ2v) is 8.52. The number of hydrogen-bond donors (Lipinski definition) is 1. The molecule has 2 aromatic rings. The summed E-state index contributed by atoms with van der Waals surface area (Å²) in [6.07, 6.45) is 0. The van der Waals surface area contributed by atoms with Crippen LogP contribution in [0.25, 0.3) is 0 Å². The first kappa shape index (κ1) is 21.4. The van der Waals surface area contributed by atoms with E-state index in [4.69, 9.17) is 25.8 Å². The van der Waals surface area contributed by atoms with E-state index in [1.807, 2.05) is 0 Å². The minimum atomic E-state index is -3.66. The maximum absolute atomic E-state index is 12.7. The van der Waals surface area contributed by atoms with Crippen LogP contribution in [0.5, 0.6) is 11.5 Å². The highest BCUT2D eigenvalue weighted by molar-refractivity contribution is 7.89. The maximum atomic E-state index is 12.7. The molecule has 1 aliphatic heterocycles. The molecule has 1 aliphatic rings. The quantitative estimate of drug-likeness (QED) is 0.710. The van der Waals surface area contributed by atoms with Crippen LogP contribution in [-0.2, 0) is 19.6 Å². The van der Waals surface area contributed by atoms with Crippen LogP contribution < -0.4 is 14.8 Å². The SMILES string of the molecule is COc1ccc(NC(=O)COc2ccc(S(=O)(=O)N3CCOCC3)cc2Cl)cc1. The smallest absolute Gasteiger partial charge is 0.262 e. The van der Waals surface area contributed by atoms with Crippen molar-refractivity contribution in [1.29, 1.82) is 0 Å². The van der Waals surface area contributed by atoms with Crippen molar-refractivity contribution in [2.24, 2.45) is 0 Å². The molecular formula is C19H21ClN2O6S. The lowest BCUT2D eigenvalue weighted by molar-refractivity contribution is -0.118. The van der Waals surface area contributed by atoms with Crippen LogP contribution in [0, 0.1) is 0 Å². The van der Waals surface area contributed by atoms with Gasteiger partial charge in [0.2, 0.25) is 10.0 Å². The van der Waals surface area contributed by atoms with Crippen molar-refractivity contribution in [1.82, 2.24) is 4.31 Å². The molecule has 0 spiro atoms. The minimum absolute atomic E-state index is 0.0689. The molecule has 0 bridgehead atoms. The van der Waals surface area contributed by atoms with Crippen LogP contribution >= 0.6 is 11.6 Å². The predicted molar refractivity (Wildman–Crippen MR) is 108 cm³/mol. The molecule has 2 aromatic carbocycles. The number of hydrogen-bond acceptors (Lipinski definition) is 6. The Kier molecular flexibility index (Phi) is 6.96. The summed E-state index contributed by atoms with van der Waals surface area (Å²) in [6, 6.07) is 11.0. The van der Waals surface area contributed by atoms with E-state index in [-0.39, 0.29) is 28.2 Å². The van der Waals surface area contributed by atoms with Crippen molar-refractivity contribution >= 4 is 33.2 Å². The molecule has 156 valence electrons. The van der Waals surface area contributed by atoms with Crippen LogP contribution in [0.4, 0.5) is 5.69 Å². The van der Waals surface area contributed by atoms with Gasteiger partial charge in [-0.3, -0.25) is 4.79 Å². The zero-order valence-electron chi connectivity index (χ0n) is 15.8. The summed E-state index contributed by atoms with van der Waals surface area (Å²) in [5, 5.41) is 2.79. The molecule has 8 nitrogen and oxygen atoms in total. The molecule has 1 N–H and O–H groups in total. The van der Waals surface area contributed by atoms with Crippen molar-refractivity contribution < 1.29 is 27.4 Å². The van der Waals surface area contributed by atoms with Gasteiger partial charge in [-0.05, 0) is 42.5 Å².